The minimum Gasteiger partial charge on any atom is -0.352 e. The highest BCUT2D eigenvalue weighted by Gasteiger charge is 2.09. The summed E-state index contributed by atoms with van der Waals surface area (Å²) in [6.07, 6.45) is 6.24. The molecule has 0 radical (unpaired) electrons. The van der Waals surface area contributed by atoms with Crippen LogP contribution in [-0.2, 0) is 0 Å². The molecule has 1 amide bonds. The summed E-state index contributed by atoms with van der Waals surface area (Å²) < 4.78 is 12.8. The molecule has 2 rings (SSSR count). The number of carbonyl (C=O) groups is 1. The number of carbonyl (C=O) groups excluding carboxylic acids is 1. The van der Waals surface area contributed by atoms with E-state index in [1.54, 1.807) is 0 Å². The van der Waals surface area contributed by atoms with Gasteiger partial charge in [0.25, 0.3) is 5.91 Å². The summed E-state index contributed by atoms with van der Waals surface area (Å²) >= 11 is 0. The minimum atomic E-state index is -0.317. The predicted molar refractivity (Wildman–Crippen MR) is 78.3 cm³/mol. The molecule has 1 aliphatic rings. The van der Waals surface area contributed by atoms with Gasteiger partial charge in [-0.3, -0.25) is 4.79 Å². The Kier molecular flexibility index (Phi) is 5.99. The first kappa shape index (κ1) is 15.0. The first-order chi connectivity index (χ1) is 9.75. The molecule has 0 atom stereocenters. The highest BCUT2D eigenvalue weighted by molar-refractivity contribution is 5.94. The number of hydrogen-bond donors (Lipinski definition) is 1. The summed E-state index contributed by atoms with van der Waals surface area (Å²) in [5.74, 6) is -0.441. The number of amides is 1. The van der Waals surface area contributed by atoms with Gasteiger partial charge in [-0.2, -0.15) is 0 Å². The Bertz CT molecular complexity index is 411. The lowest BCUT2D eigenvalue weighted by Crippen LogP contribution is -2.30. The second-order valence-corrected chi connectivity index (χ2v) is 5.37. The van der Waals surface area contributed by atoms with Crippen molar-refractivity contribution in [2.24, 2.45) is 0 Å². The Morgan fingerprint density at radius 3 is 2.40 bits per heavy atom. The number of hydrogen-bond acceptors (Lipinski definition) is 2. The largest absolute Gasteiger partial charge is 0.352 e. The summed E-state index contributed by atoms with van der Waals surface area (Å²) in [5, 5.41) is 2.89. The molecule has 4 heteroatoms. The van der Waals surface area contributed by atoms with Crippen molar-refractivity contribution in [1.29, 1.82) is 0 Å². The molecule has 110 valence electrons. The minimum absolute atomic E-state index is 0.124. The zero-order valence-electron chi connectivity index (χ0n) is 11.9. The van der Waals surface area contributed by atoms with Gasteiger partial charge in [0.15, 0.2) is 0 Å². The lowest BCUT2D eigenvalue weighted by molar-refractivity contribution is 0.0951. The lowest BCUT2D eigenvalue weighted by atomic mass is 10.2. The number of halogens is 1. The van der Waals surface area contributed by atoms with E-state index in [4.69, 9.17) is 0 Å². The molecule has 1 fully saturated rings. The third-order valence-electron chi connectivity index (χ3n) is 3.74. The van der Waals surface area contributed by atoms with E-state index in [-0.39, 0.29) is 11.7 Å². The van der Waals surface area contributed by atoms with Crippen LogP contribution in [0.4, 0.5) is 4.39 Å². The van der Waals surface area contributed by atoms with Gasteiger partial charge in [-0.25, -0.2) is 4.39 Å². The van der Waals surface area contributed by atoms with E-state index >= 15 is 0 Å². The quantitative estimate of drug-likeness (QED) is 0.840. The fraction of sp³-hybridized carbons (Fsp3) is 0.562. The Balaban J connectivity index is 1.65. The zero-order valence-corrected chi connectivity index (χ0v) is 11.9. The van der Waals surface area contributed by atoms with Crippen LogP contribution in [0, 0.1) is 5.82 Å². The Morgan fingerprint density at radius 2 is 1.75 bits per heavy atom. The number of rotatable bonds is 5. The van der Waals surface area contributed by atoms with Gasteiger partial charge in [0.2, 0.25) is 0 Å². The van der Waals surface area contributed by atoms with Gasteiger partial charge >= 0.3 is 0 Å². The molecule has 1 aromatic rings. The van der Waals surface area contributed by atoms with E-state index in [0.29, 0.717) is 12.1 Å². The van der Waals surface area contributed by atoms with Crippen LogP contribution in [0.5, 0.6) is 0 Å². The SMILES string of the molecule is O=C(NCCCN1CCCCCC1)c1ccc(F)cc1. The third kappa shape index (κ3) is 4.93. The van der Waals surface area contributed by atoms with Crippen LogP contribution in [0.25, 0.3) is 0 Å². The Labute approximate surface area is 120 Å². The van der Waals surface area contributed by atoms with Crippen molar-refractivity contribution in [3.63, 3.8) is 0 Å². The molecule has 1 aromatic carbocycles. The van der Waals surface area contributed by atoms with Crippen LogP contribution in [-0.4, -0.2) is 37.0 Å². The molecule has 0 bridgehead atoms. The second-order valence-electron chi connectivity index (χ2n) is 5.37. The van der Waals surface area contributed by atoms with Gasteiger partial charge in [-0.15, -0.1) is 0 Å². The van der Waals surface area contributed by atoms with Gasteiger partial charge in [0, 0.05) is 12.1 Å². The molecule has 20 heavy (non-hydrogen) atoms. The summed E-state index contributed by atoms with van der Waals surface area (Å²) in [5.41, 5.74) is 0.515. The van der Waals surface area contributed by atoms with Crippen molar-refractivity contribution >= 4 is 5.91 Å². The van der Waals surface area contributed by atoms with Crippen molar-refractivity contribution in [2.45, 2.75) is 32.1 Å². The van der Waals surface area contributed by atoms with E-state index in [2.05, 4.69) is 10.2 Å². The topological polar surface area (TPSA) is 32.3 Å². The first-order valence-corrected chi connectivity index (χ1v) is 7.52. The van der Waals surface area contributed by atoms with Crippen LogP contribution < -0.4 is 5.32 Å². The van der Waals surface area contributed by atoms with Gasteiger partial charge in [0.1, 0.15) is 5.82 Å². The zero-order chi connectivity index (χ0) is 14.2. The molecule has 0 aromatic heterocycles. The summed E-state index contributed by atoms with van der Waals surface area (Å²) in [6.45, 7) is 4.09. The van der Waals surface area contributed by atoms with E-state index in [9.17, 15) is 9.18 Å². The van der Waals surface area contributed by atoms with Crippen molar-refractivity contribution in [3.05, 3.63) is 35.6 Å². The molecule has 0 spiro atoms. The third-order valence-corrected chi connectivity index (χ3v) is 3.74. The monoisotopic (exact) mass is 278 g/mol. The smallest absolute Gasteiger partial charge is 0.251 e. The Hall–Kier alpha value is -1.42. The van der Waals surface area contributed by atoms with Crippen LogP contribution in [0.1, 0.15) is 42.5 Å². The van der Waals surface area contributed by atoms with E-state index < -0.39 is 0 Å². The van der Waals surface area contributed by atoms with Gasteiger partial charge < -0.3 is 10.2 Å². The fourth-order valence-electron chi connectivity index (χ4n) is 2.57. The number of likely N-dealkylation sites (tertiary alicyclic amines) is 1. The first-order valence-electron chi connectivity index (χ1n) is 7.52. The maximum Gasteiger partial charge on any atom is 0.251 e. The standard InChI is InChI=1S/C16H23FN2O/c17-15-8-6-14(7-9-15)16(20)18-10-5-13-19-11-3-1-2-4-12-19/h6-9H,1-5,10-13H2,(H,18,20). The van der Waals surface area contributed by atoms with E-state index in [1.807, 2.05) is 0 Å². The molecule has 1 heterocycles. The molecule has 0 saturated carbocycles. The molecular formula is C16H23FN2O. The maximum atomic E-state index is 12.8. The molecule has 0 aliphatic carbocycles. The average Bonchev–Trinajstić information content (AvgIpc) is 2.73. The van der Waals surface area contributed by atoms with Gasteiger partial charge in [0.05, 0.1) is 0 Å². The van der Waals surface area contributed by atoms with E-state index in [0.717, 1.165) is 13.0 Å². The maximum absolute atomic E-state index is 12.8. The molecule has 3 nitrogen and oxygen atoms in total. The molecule has 1 aliphatic heterocycles. The van der Waals surface area contributed by atoms with E-state index in [1.165, 1.54) is 63.0 Å². The van der Waals surface area contributed by atoms with Crippen molar-refractivity contribution in [2.75, 3.05) is 26.2 Å². The normalized spacial score (nSPS) is 16.6. The second kappa shape index (κ2) is 8.00. The lowest BCUT2D eigenvalue weighted by Gasteiger charge is -2.19. The number of nitrogens with zero attached hydrogens (tertiary/aromatic N) is 1. The molecule has 1 saturated heterocycles. The predicted octanol–water partition coefficient (Wildman–Crippen LogP) is 2.82. The average molecular weight is 278 g/mol. The number of benzene rings is 1. The van der Waals surface area contributed by atoms with Crippen LogP contribution in [0.2, 0.25) is 0 Å². The fourth-order valence-corrected chi connectivity index (χ4v) is 2.57. The number of nitrogens with one attached hydrogen (secondary N) is 1. The van der Waals surface area contributed by atoms with Crippen molar-refractivity contribution in [3.8, 4) is 0 Å². The van der Waals surface area contributed by atoms with Crippen molar-refractivity contribution in [1.82, 2.24) is 10.2 Å². The van der Waals surface area contributed by atoms with Crippen LogP contribution >= 0.6 is 0 Å². The van der Waals surface area contributed by atoms with Gasteiger partial charge in [-0.1, -0.05) is 12.8 Å². The highest BCUT2D eigenvalue weighted by Crippen LogP contribution is 2.09. The Morgan fingerprint density at radius 1 is 1.10 bits per heavy atom. The highest BCUT2D eigenvalue weighted by atomic mass is 19.1. The van der Waals surface area contributed by atoms with Crippen molar-refractivity contribution < 1.29 is 9.18 Å². The molecular weight excluding hydrogens is 255 g/mol. The molecule has 1 N–H and O–H groups in total. The summed E-state index contributed by atoms with van der Waals surface area (Å²) in [4.78, 5) is 14.3. The summed E-state index contributed by atoms with van der Waals surface area (Å²) in [7, 11) is 0. The molecule has 0 unspecified atom stereocenters. The van der Waals surface area contributed by atoms with Gasteiger partial charge in [-0.05, 0) is 63.2 Å². The van der Waals surface area contributed by atoms with Crippen LogP contribution in [0.3, 0.4) is 0 Å². The summed E-state index contributed by atoms with van der Waals surface area (Å²) in [6, 6.07) is 5.65. The van der Waals surface area contributed by atoms with Crippen LogP contribution in [0.15, 0.2) is 24.3 Å².